The molecule has 1 aromatic heterocycles. The van der Waals surface area contributed by atoms with Gasteiger partial charge in [-0.1, -0.05) is 17.3 Å². The maximum Gasteiger partial charge on any atom is 0.420 e. The highest BCUT2D eigenvalue weighted by atomic mass is 32.2. The Bertz CT molecular complexity index is 1580. The smallest absolute Gasteiger partial charge is 0.420 e. The third kappa shape index (κ3) is 6.54. The van der Waals surface area contributed by atoms with Gasteiger partial charge < -0.3 is 18.9 Å². The molecule has 5 rings (SSSR count). The maximum absolute atomic E-state index is 14.0. The molecule has 0 radical (unpaired) electrons. The first-order chi connectivity index (χ1) is 20.7. The van der Waals surface area contributed by atoms with E-state index < -0.39 is 40.7 Å². The van der Waals surface area contributed by atoms with Crippen LogP contribution < -0.4 is 4.74 Å². The molecule has 10 nitrogen and oxygen atoms in total. The SMILES string of the molecule is CSc1ccccc1Oc1ccc(-c2noc(CN3C(=O)CC4(CCN(C(=O)OC(C)(C)C)CC4)C3=O)n2)cc1C(F)(F)F. The third-order valence-electron chi connectivity index (χ3n) is 7.46. The Balaban J connectivity index is 1.29. The van der Waals surface area contributed by atoms with Crippen LogP contribution in [0.15, 0.2) is 51.9 Å². The lowest BCUT2D eigenvalue weighted by Gasteiger charge is -2.37. The van der Waals surface area contributed by atoms with Gasteiger partial charge in [-0.05, 0) is 70.2 Å². The highest BCUT2D eigenvalue weighted by Crippen LogP contribution is 2.44. The number of rotatable bonds is 6. The van der Waals surface area contributed by atoms with Crippen LogP contribution >= 0.6 is 11.8 Å². The van der Waals surface area contributed by atoms with Crippen molar-refractivity contribution in [2.45, 2.75) is 63.3 Å². The number of imide groups is 1. The van der Waals surface area contributed by atoms with Gasteiger partial charge in [-0.15, -0.1) is 11.8 Å². The Morgan fingerprint density at radius 1 is 1.07 bits per heavy atom. The van der Waals surface area contributed by atoms with E-state index in [9.17, 15) is 27.6 Å². The molecule has 44 heavy (non-hydrogen) atoms. The molecule has 2 aliphatic heterocycles. The number of alkyl halides is 3. The second kappa shape index (κ2) is 11.8. The lowest BCUT2D eigenvalue weighted by Crippen LogP contribution is -2.47. The zero-order valence-corrected chi connectivity index (χ0v) is 25.4. The second-order valence-electron chi connectivity index (χ2n) is 11.7. The van der Waals surface area contributed by atoms with Crippen molar-refractivity contribution in [1.82, 2.24) is 19.9 Å². The fourth-order valence-corrected chi connectivity index (χ4v) is 5.75. The van der Waals surface area contributed by atoms with Crippen molar-refractivity contribution in [3.63, 3.8) is 0 Å². The second-order valence-corrected chi connectivity index (χ2v) is 12.5. The van der Waals surface area contributed by atoms with Gasteiger partial charge in [0.25, 0.3) is 0 Å². The van der Waals surface area contributed by atoms with E-state index in [2.05, 4.69) is 10.1 Å². The summed E-state index contributed by atoms with van der Waals surface area (Å²) in [6.45, 7) is 5.50. The van der Waals surface area contributed by atoms with Crippen LogP contribution in [0.4, 0.5) is 18.0 Å². The summed E-state index contributed by atoms with van der Waals surface area (Å²) in [5, 5.41) is 3.80. The number of carbonyl (C=O) groups is 3. The molecule has 1 spiro atoms. The average Bonchev–Trinajstić information content (AvgIpc) is 3.51. The molecule has 0 unspecified atom stereocenters. The summed E-state index contributed by atoms with van der Waals surface area (Å²) >= 11 is 1.34. The first-order valence-corrected chi connectivity index (χ1v) is 15.1. The van der Waals surface area contributed by atoms with E-state index in [0.717, 1.165) is 11.0 Å². The first-order valence-electron chi connectivity index (χ1n) is 13.9. The van der Waals surface area contributed by atoms with Gasteiger partial charge in [0, 0.05) is 30.0 Å². The molecule has 2 saturated heterocycles. The normalized spacial score (nSPS) is 17.0. The number of para-hydroxylation sites is 1. The molecule has 3 aromatic rings. The van der Waals surface area contributed by atoms with E-state index in [0.29, 0.717) is 17.7 Å². The molecule has 0 aliphatic carbocycles. The molecule has 2 fully saturated rings. The van der Waals surface area contributed by atoms with Gasteiger partial charge in [-0.2, -0.15) is 18.2 Å². The molecule has 234 valence electrons. The van der Waals surface area contributed by atoms with E-state index in [4.69, 9.17) is 14.0 Å². The molecule has 3 heterocycles. The van der Waals surface area contributed by atoms with Crippen molar-refractivity contribution >= 4 is 29.7 Å². The van der Waals surface area contributed by atoms with Crippen molar-refractivity contribution in [1.29, 1.82) is 0 Å². The molecule has 0 bridgehead atoms. The molecule has 0 saturated carbocycles. The lowest BCUT2D eigenvalue weighted by molar-refractivity contribution is -0.144. The predicted molar refractivity (Wildman–Crippen MR) is 153 cm³/mol. The molecule has 0 N–H and O–H groups in total. The Morgan fingerprint density at radius 3 is 2.43 bits per heavy atom. The number of nitrogens with zero attached hydrogens (tertiary/aromatic N) is 4. The zero-order valence-electron chi connectivity index (χ0n) is 24.6. The number of thioether (sulfide) groups is 1. The highest BCUT2D eigenvalue weighted by molar-refractivity contribution is 7.98. The Labute approximate surface area is 255 Å². The quantitative estimate of drug-likeness (QED) is 0.221. The molecule has 14 heteroatoms. The van der Waals surface area contributed by atoms with Gasteiger partial charge >= 0.3 is 12.3 Å². The van der Waals surface area contributed by atoms with Crippen molar-refractivity contribution in [2.75, 3.05) is 19.3 Å². The summed E-state index contributed by atoms with van der Waals surface area (Å²) in [7, 11) is 0. The number of benzene rings is 2. The number of likely N-dealkylation sites (tertiary alicyclic amines) is 2. The van der Waals surface area contributed by atoms with Crippen LogP contribution in [-0.4, -0.2) is 62.8 Å². The van der Waals surface area contributed by atoms with Gasteiger partial charge in [0.1, 0.15) is 23.6 Å². The molecule has 2 aromatic carbocycles. The van der Waals surface area contributed by atoms with Crippen LogP contribution in [0.1, 0.15) is 51.5 Å². The molecule has 2 aliphatic rings. The van der Waals surface area contributed by atoms with E-state index >= 15 is 0 Å². The standard InChI is InChI=1S/C30H31F3N4O6S/c1-28(2,3)42-27(40)36-13-11-29(12-14-36)16-24(38)37(26(29)39)17-23-34-25(35-43-23)18-9-10-20(19(15-18)30(31,32)33)41-21-7-5-6-8-22(21)44-4/h5-10,15H,11-14,16-17H2,1-4H3. The molecule has 0 atom stereocenters. The van der Waals surface area contributed by atoms with Crippen LogP contribution in [0.5, 0.6) is 11.5 Å². The minimum Gasteiger partial charge on any atom is -0.456 e. The van der Waals surface area contributed by atoms with Crippen LogP contribution in [0, 0.1) is 5.41 Å². The number of ether oxygens (including phenoxy) is 2. The van der Waals surface area contributed by atoms with E-state index in [1.807, 2.05) is 0 Å². The van der Waals surface area contributed by atoms with E-state index in [1.165, 1.54) is 28.8 Å². The van der Waals surface area contributed by atoms with Gasteiger partial charge in [-0.25, -0.2) is 4.79 Å². The number of amides is 3. The van der Waals surface area contributed by atoms with E-state index in [-0.39, 0.29) is 54.8 Å². The van der Waals surface area contributed by atoms with Gasteiger partial charge in [0.05, 0.1) is 11.0 Å². The number of aromatic nitrogens is 2. The topological polar surface area (TPSA) is 115 Å². The van der Waals surface area contributed by atoms with Crippen LogP contribution in [0.25, 0.3) is 11.4 Å². The maximum atomic E-state index is 14.0. The van der Waals surface area contributed by atoms with Gasteiger partial charge in [-0.3, -0.25) is 14.5 Å². The number of hydrogen-bond acceptors (Lipinski definition) is 9. The van der Waals surface area contributed by atoms with Gasteiger partial charge in [0.2, 0.25) is 23.5 Å². The first kappa shape index (κ1) is 31.4. The minimum atomic E-state index is -4.74. The molecular weight excluding hydrogens is 601 g/mol. The summed E-state index contributed by atoms with van der Waals surface area (Å²) in [5.41, 5.74) is -2.62. The minimum absolute atomic E-state index is 0.0166. The molecule has 3 amide bonds. The monoisotopic (exact) mass is 632 g/mol. The summed E-state index contributed by atoms with van der Waals surface area (Å²) < 4.78 is 58.4. The third-order valence-corrected chi connectivity index (χ3v) is 8.23. The fourth-order valence-electron chi connectivity index (χ4n) is 5.23. The predicted octanol–water partition coefficient (Wildman–Crippen LogP) is 6.55. The summed E-state index contributed by atoms with van der Waals surface area (Å²) in [6.07, 6.45) is -2.87. The summed E-state index contributed by atoms with van der Waals surface area (Å²) in [6, 6.07) is 10.2. The lowest BCUT2D eigenvalue weighted by atomic mass is 9.77. The van der Waals surface area contributed by atoms with Crippen molar-refractivity contribution < 1.29 is 41.6 Å². The van der Waals surface area contributed by atoms with E-state index in [1.54, 1.807) is 51.3 Å². The van der Waals surface area contributed by atoms with Gasteiger partial charge in [0.15, 0.2) is 0 Å². The largest absolute Gasteiger partial charge is 0.456 e. The average molecular weight is 633 g/mol. The number of hydrogen-bond donors (Lipinski definition) is 0. The Kier molecular flexibility index (Phi) is 8.40. The summed E-state index contributed by atoms with van der Waals surface area (Å²) in [4.78, 5) is 46.1. The summed E-state index contributed by atoms with van der Waals surface area (Å²) in [5.74, 6) is -1.17. The van der Waals surface area contributed by atoms with Crippen molar-refractivity contribution in [2.24, 2.45) is 5.41 Å². The number of halogens is 3. The zero-order chi connectivity index (χ0) is 31.9. The Morgan fingerprint density at radius 2 is 1.77 bits per heavy atom. The van der Waals surface area contributed by atoms with Crippen LogP contribution in [0.3, 0.4) is 0 Å². The van der Waals surface area contributed by atoms with Crippen molar-refractivity contribution in [3.8, 4) is 22.9 Å². The fraction of sp³-hybridized carbons (Fsp3) is 0.433. The Hall–Kier alpha value is -4.07. The van der Waals surface area contributed by atoms with Crippen LogP contribution in [0.2, 0.25) is 0 Å². The number of carbonyl (C=O) groups excluding carboxylic acids is 3. The molecular formula is C30H31F3N4O6S. The number of piperidine rings is 1. The van der Waals surface area contributed by atoms with Crippen LogP contribution in [-0.2, 0) is 27.0 Å². The van der Waals surface area contributed by atoms with Crippen molar-refractivity contribution in [3.05, 3.63) is 53.9 Å². The highest BCUT2D eigenvalue weighted by Gasteiger charge is 2.53.